The van der Waals surface area contributed by atoms with Gasteiger partial charge in [-0.05, 0) is 185 Å². The van der Waals surface area contributed by atoms with Gasteiger partial charge in [0.25, 0.3) is 0 Å². The molecule has 0 amide bonds. The van der Waals surface area contributed by atoms with Crippen LogP contribution in [0, 0.1) is 22.7 Å². The highest BCUT2D eigenvalue weighted by Gasteiger charge is 2.40. The van der Waals surface area contributed by atoms with Crippen LogP contribution in [0.3, 0.4) is 0 Å². The van der Waals surface area contributed by atoms with Crippen LogP contribution in [0.15, 0.2) is 194 Å². The Labute approximate surface area is 566 Å². The Kier molecular flexibility index (Phi) is 18.8. The molecule has 0 fully saturated rings. The summed E-state index contributed by atoms with van der Waals surface area (Å²) in [4.78, 5) is 9.11. The normalized spacial score (nSPS) is 12.7. The quantitative estimate of drug-likeness (QED) is 0.121. The monoisotopic (exact) mass is 1240 g/mol. The molecule has 0 spiro atoms. The van der Waals surface area contributed by atoms with E-state index in [0.29, 0.717) is 33.9 Å². The van der Waals surface area contributed by atoms with E-state index in [0.717, 1.165) is 56.6 Å². The summed E-state index contributed by atoms with van der Waals surface area (Å²) in [5.41, 5.74) is 17.6. The zero-order chi connectivity index (χ0) is 69.1. The lowest BCUT2D eigenvalue weighted by Gasteiger charge is -2.41. The van der Waals surface area contributed by atoms with E-state index in [1.165, 1.54) is 33.4 Å². The van der Waals surface area contributed by atoms with E-state index < -0.39 is 0 Å². The number of anilines is 12. The highest BCUT2D eigenvalue weighted by molar-refractivity contribution is 6.10. The first-order valence-corrected chi connectivity index (χ1v) is 33.7. The molecule has 0 saturated heterocycles. The van der Waals surface area contributed by atoms with Gasteiger partial charge in [0.05, 0.1) is 22.7 Å². The van der Waals surface area contributed by atoms with Crippen LogP contribution in [0.5, 0.6) is 0 Å². The molecule has 9 aromatic rings. The maximum absolute atomic E-state index is 13.1. The van der Waals surface area contributed by atoms with Crippen LogP contribution in [-0.4, -0.2) is 0 Å². The van der Waals surface area contributed by atoms with E-state index in [4.69, 9.17) is 0 Å². The fraction of sp³-hybridized carbons (Fsp3) is 0.364. The van der Waals surface area contributed by atoms with Gasteiger partial charge in [-0.25, -0.2) is 0 Å². The second-order valence-electron chi connectivity index (χ2n) is 34.1. The predicted octanol–water partition coefficient (Wildman–Crippen LogP) is 25.7. The van der Waals surface area contributed by atoms with Crippen LogP contribution in [0.4, 0.5) is 68.2 Å². The fourth-order valence-electron chi connectivity index (χ4n) is 12.3. The van der Waals surface area contributed by atoms with E-state index >= 15 is 0 Å². The third kappa shape index (κ3) is 14.7. The van der Waals surface area contributed by atoms with Crippen molar-refractivity contribution in [3.8, 4) is 12.1 Å². The first-order valence-electron chi connectivity index (χ1n) is 33.7. The second-order valence-corrected chi connectivity index (χ2v) is 34.1. The minimum atomic E-state index is -0.165. The average Bonchev–Trinajstić information content (AvgIpc) is 0.709. The third-order valence-electron chi connectivity index (χ3n) is 18.4. The molecular formula is C88H104N6. The molecule has 0 aromatic heterocycles. The Morgan fingerprint density at radius 2 is 0.298 bits per heavy atom. The molecule has 6 nitrogen and oxygen atoms in total. The first kappa shape index (κ1) is 69.5. The maximum Gasteiger partial charge on any atom is 0.104 e. The van der Waals surface area contributed by atoms with Gasteiger partial charge in [-0.15, -0.1) is 0 Å². The van der Waals surface area contributed by atoms with Gasteiger partial charge in [-0.2, -0.15) is 10.5 Å². The summed E-state index contributed by atoms with van der Waals surface area (Å²) < 4.78 is 0. The van der Waals surface area contributed by atoms with Gasteiger partial charge in [0.2, 0.25) is 0 Å². The van der Waals surface area contributed by atoms with Crippen LogP contribution in [0.2, 0.25) is 0 Å². The number of nitriles is 2. The highest BCUT2D eigenvalue weighted by Crippen LogP contribution is 2.60. The first-order chi connectivity index (χ1) is 43.6. The largest absolute Gasteiger partial charge is 0.308 e. The molecule has 0 radical (unpaired) electrons. The summed E-state index contributed by atoms with van der Waals surface area (Å²) in [6, 6.07) is 76.8. The molecule has 486 valence electrons. The lowest BCUT2D eigenvalue weighted by molar-refractivity contribution is 0.590. The van der Waals surface area contributed by atoms with Gasteiger partial charge in [0.15, 0.2) is 0 Å². The number of benzene rings is 9. The van der Waals surface area contributed by atoms with Gasteiger partial charge < -0.3 is 19.6 Å². The molecule has 0 unspecified atom stereocenters. The summed E-state index contributed by atoms with van der Waals surface area (Å²) >= 11 is 0. The zero-order valence-corrected chi connectivity index (χ0v) is 61.2. The van der Waals surface area contributed by atoms with E-state index in [2.05, 4.69) is 392 Å². The van der Waals surface area contributed by atoms with Crippen LogP contribution < -0.4 is 19.6 Å². The molecule has 9 aromatic carbocycles. The molecule has 9 rings (SSSR count). The van der Waals surface area contributed by atoms with Gasteiger partial charge in [-0.3, -0.25) is 0 Å². The van der Waals surface area contributed by atoms with Crippen molar-refractivity contribution in [1.29, 1.82) is 10.5 Å². The molecule has 0 atom stereocenters. The molecule has 0 aliphatic heterocycles. The second kappa shape index (κ2) is 25.5. The van der Waals surface area contributed by atoms with E-state index in [-0.39, 0.29) is 43.3 Å². The summed E-state index contributed by atoms with van der Waals surface area (Å²) in [5, 5.41) is 26.3. The third-order valence-corrected chi connectivity index (χ3v) is 18.4. The summed E-state index contributed by atoms with van der Waals surface area (Å²) in [5.74, 6) is 0. The topological polar surface area (TPSA) is 60.5 Å². The lowest BCUT2D eigenvalue weighted by atomic mass is 9.86. The van der Waals surface area contributed by atoms with Crippen molar-refractivity contribution < 1.29 is 0 Å². The van der Waals surface area contributed by atoms with E-state index in [1.54, 1.807) is 0 Å². The Balaban J connectivity index is 1.65. The zero-order valence-electron chi connectivity index (χ0n) is 61.2. The Morgan fingerprint density at radius 3 is 0.415 bits per heavy atom. The van der Waals surface area contributed by atoms with Crippen molar-refractivity contribution in [3.63, 3.8) is 0 Å². The van der Waals surface area contributed by atoms with Crippen LogP contribution in [0.1, 0.15) is 222 Å². The van der Waals surface area contributed by atoms with Gasteiger partial charge >= 0.3 is 0 Å². The SMILES string of the molecule is CC(C)(C)c1ccc(N(c2ccc(C(C)(C)C)cc2)c2c(C#N)c(N(c3ccc(C(C)(C)C)cc3)c3ccc(C(C)(C)C)cc3)c(N(c3ccc(C(C)(C)C)cc3)c3ccc(C(C)(C)C)cc3)c(N(c3ccc(C(C)(C)C)cc3)c3ccc(C(C)(C)C)cc3)c2C#N)cc1. The van der Waals surface area contributed by atoms with Gasteiger partial charge in [-0.1, -0.05) is 263 Å². The lowest BCUT2D eigenvalue weighted by Crippen LogP contribution is -2.26. The van der Waals surface area contributed by atoms with Crippen molar-refractivity contribution in [1.82, 2.24) is 0 Å². The average molecular weight is 1250 g/mol. The summed E-state index contributed by atoms with van der Waals surface area (Å²) in [6.45, 7) is 53.9. The van der Waals surface area contributed by atoms with E-state index in [1.807, 2.05) is 0 Å². The number of hydrogen-bond donors (Lipinski definition) is 0. The van der Waals surface area contributed by atoms with Crippen molar-refractivity contribution in [2.24, 2.45) is 0 Å². The smallest absolute Gasteiger partial charge is 0.104 e. The number of rotatable bonds is 12. The predicted molar refractivity (Wildman–Crippen MR) is 404 cm³/mol. The van der Waals surface area contributed by atoms with Crippen molar-refractivity contribution in [2.75, 3.05) is 19.6 Å². The molecule has 0 bridgehead atoms. The molecule has 0 aliphatic rings. The minimum absolute atomic E-state index is 0.161. The molecule has 6 heteroatoms. The molecular weight excluding hydrogens is 1140 g/mol. The maximum atomic E-state index is 13.1. The Bertz CT molecular complexity index is 3810. The number of nitrogens with zero attached hydrogens (tertiary/aromatic N) is 6. The molecule has 0 heterocycles. The summed E-state index contributed by atoms with van der Waals surface area (Å²) in [6.07, 6.45) is 0. The minimum Gasteiger partial charge on any atom is -0.308 e. The Hall–Kier alpha value is -8.84. The Morgan fingerprint density at radius 1 is 0.181 bits per heavy atom. The molecule has 0 aliphatic carbocycles. The molecule has 94 heavy (non-hydrogen) atoms. The fourth-order valence-corrected chi connectivity index (χ4v) is 12.3. The summed E-state index contributed by atoms with van der Waals surface area (Å²) in [7, 11) is 0. The highest BCUT2D eigenvalue weighted by atomic mass is 15.3. The van der Waals surface area contributed by atoms with Crippen molar-refractivity contribution in [3.05, 3.63) is 250 Å². The molecule has 0 saturated carbocycles. The molecule has 0 N–H and O–H groups in total. The number of hydrogen-bond acceptors (Lipinski definition) is 6. The standard InChI is InChI=1S/C88H104N6/c1-81(2,3)59-25-41-67(42-26-59)91(68-43-27-60(28-44-68)82(4,5)6)77-75(57-89)78(92(69-45-29-61(30-46-69)83(7,8)9)70-47-31-62(32-48-70)84(10,11)12)80(94(73-53-37-65(38-54-73)87(19,20)21)74-55-39-66(40-56-74)88(22,23)24)79(76(77)58-90)93(71-49-33-63(34-50-71)85(13,14)15)72-51-35-64(36-52-72)86(16,17)18/h25-56H,1-24H3. The van der Waals surface area contributed by atoms with Crippen molar-refractivity contribution in [2.45, 2.75) is 209 Å². The van der Waals surface area contributed by atoms with Crippen LogP contribution in [0.25, 0.3) is 0 Å². The van der Waals surface area contributed by atoms with E-state index in [9.17, 15) is 10.5 Å². The van der Waals surface area contributed by atoms with Gasteiger partial charge in [0.1, 0.15) is 23.3 Å². The van der Waals surface area contributed by atoms with Crippen molar-refractivity contribution >= 4 is 68.2 Å². The van der Waals surface area contributed by atoms with Crippen LogP contribution >= 0.6 is 0 Å². The van der Waals surface area contributed by atoms with Crippen LogP contribution in [-0.2, 0) is 43.3 Å². The van der Waals surface area contributed by atoms with Gasteiger partial charge in [0, 0.05) is 45.5 Å².